The molecule has 0 bridgehead atoms. The lowest BCUT2D eigenvalue weighted by Gasteiger charge is -2.16. The van der Waals surface area contributed by atoms with Gasteiger partial charge >= 0.3 is 0 Å². The number of amides is 2. The molecule has 0 aromatic heterocycles. The van der Waals surface area contributed by atoms with Gasteiger partial charge in [0.05, 0.1) is 13.7 Å². The second kappa shape index (κ2) is 9.91. The lowest BCUT2D eigenvalue weighted by molar-refractivity contribution is -0.117. The first kappa shape index (κ1) is 21.4. The fourth-order valence-corrected chi connectivity index (χ4v) is 3.29. The van der Waals surface area contributed by atoms with Crippen LogP contribution in [0.15, 0.2) is 42.5 Å². The molecular weight excluding hydrogens is 384 g/mol. The molecule has 0 saturated carbocycles. The van der Waals surface area contributed by atoms with Gasteiger partial charge in [0.15, 0.2) is 17.3 Å². The Balaban J connectivity index is 1.44. The van der Waals surface area contributed by atoms with Crippen LogP contribution >= 0.6 is 0 Å². The molecule has 7 heteroatoms. The summed E-state index contributed by atoms with van der Waals surface area (Å²) < 4.78 is 11.0. The first-order chi connectivity index (χ1) is 14.5. The van der Waals surface area contributed by atoms with Crippen molar-refractivity contribution in [3.05, 3.63) is 48.0 Å². The van der Waals surface area contributed by atoms with Gasteiger partial charge in [-0.15, -0.1) is 0 Å². The van der Waals surface area contributed by atoms with Crippen molar-refractivity contribution in [2.24, 2.45) is 0 Å². The highest BCUT2D eigenvalue weighted by atomic mass is 16.5. The molecule has 7 nitrogen and oxygen atoms in total. The van der Waals surface area contributed by atoms with Gasteiger partial charge in [0.1, 0.15) is 0 Å². The molecule has 0 aliphatic carbocycles. The minimum absolute atomic E-state index is 0.0448. The summed E-state index contributed by atoms with van der Waals surface area (Å²) in [6, 6.07) is 12.3. The maximum Gasteiger partial charge on any atom is 0.227 e. The zero-order valence-electron chi connectivity index (χ0n) is 17.3. The molecule has 0 spiro atoms. The van der Waals surface area contributed by atoms with Gasteiger partial charge in [0, 0.05) is 36.3 Å². The standard InChI is InChI=1S/C23H26N2O5/c1-16(26)17-7-12-20(21(15-17)29-2)30-14-4-5-22(27)24-18-8-10-19(11-9-18)25-13-3-6-23(25)28/h7-12,15H,3-6,13-14H2,1-2H3,(H,24,27). The zero-order chi connectivity index (χ0) is 21.5. The van der Waals surface area contributed by atoms with Gasteiger partial charge < -0.3 is 19.7 Å². The quantitative estimate of drug-likeness (QED) is 0.502. The van der Waals surface area contributed by atoms with Gasteiger partial charge in [-0.05, 0) is 62.2 Å². The normalized spacial score (nSPS) is 13.3. The van der Waals surface area contributed by atoms with Crippen molar-refractivity contribution in [1.82, 2.24) is 0 Å². The monoisotopic (exact) mass is 410 g/mol. The number of carbonyl (C=O) groups is 3. The van der Waals surface area contributed by atoms with Gasteiger partial charge in [-0.1, -0.05) is 0 Å². The first-order valence-corrected chi connectivity index (χ1v) is 10.00. The van der Waals surface area contributed by atoms with E-state index in [-0.39, 0.29) is 17.6 Å². The minimum atomic E-state index is -0.109. The van der Waals surface area contributed by atoms with Crippen LogP contribution in [-0.2, 0) is 9.59 Å². The number of ketones is 1. The summed E-state index contributed by atoms with van der Waals surface area (Å²) in [5, 5.41) is 2.85. The molecule has 2 aromatic carbocycles. The van der Waals surface area contributed by atoms with E-state index < -0.39 is 0 Å². The number of hydrogen-bond acceptors (Lipinski definition) is 5. The number of rotatable bonds is 9. The Hall–Kier alpha value is -3.35. The number of carbonyl (C=O) groups excluding carboxylic acids is 3. The lowest BCUT2D eigenvalue weighted by atomic mass is 10.1. The maximum atomic E-state index is 12.2. The van der Waals surface area contributed by atoms with Crippen molar-refractivity contribution in [3.8, 4) is 11.5 Å². The average Bonchev–Trinajstić information content (AvgIpc) is 3.17. The molecule has 30 heavy (non-hydrogen) atoms. The summed E-state index contributed by atoms with van der Waals surface area (Å²) in [7, 11) is 1.52. The summed E-state index contributed by atoms with van der Waals surface area (Å²) in [5.74, 6) is 1.01. The minimum Gasteiger partial charge on any atom is -0.493 e. The number of methoxy groups -OCH3 is 1. The van der Waals surface area contributed by atoms with Crippen molar-refractivity contribution in [2.45, 2.75) is 32.6 Å². The van der Waals surface area contributed by atoms with Crippen LogP contribution in [0.1, 0.15) is 43.0 Å². The Morgan fingerprint density at radius 1 is 1.10 bits per heavy atom. The van der Waals surface area contributed by atoms with Crippen molar-refractivity contribution in [2.75, 3.05) is 30.5 Å². The van der Waals surface area contributed by atoms with Gasteiger partial charge in [0.2, 0.25) is 11.8 Å². The number of Topliss-reactive ketones (excluding diaryl/α,β-unsaturated/α-hetero) is 1. The zero-order valence-corrected chi connectivity index (χ0v) is 17.3. The molecule has 3 rings (SSSR count). The van der Waals surface area contributed by atoms with Crippen LogP contribution in [0.5, 0.6) is 11.5 Å². The Morgan fingerprint density at radius 2 is 1.87 bits per heavy atom. The molecule has 1 N–H and O–H groups in total. The third kappa shape index (κ3) is 5.37. The van der Waals surface area contributed by atoms with E-state index in [1.54, 1.807) is 35.2 Å². The summed E-state index contributed by atoms with van der Waals surface area (Å²) >= 11 is 0. The number of ether oxygens (including phenoxy) is 2. The molecule has 2 amide bonds. The molecule has 1 saturated heterocycles. The maximum absolute atomic E-state index is 12.2. The number of hydrogen-bond donors (Lipinski definition) is 1. The first-order valence-electron chi connectivity index (χ1n) is 10.00. The molecule has 158 valence electrons. The average molecular weight is 410 g/mol. The largest absolute Gasteiger partial charge is 0.493 e. The number of nitrogens with zero attached hydrogens (tertiary/aromatic N) is 1. The molecular formula is C23H26N2O5. The summed E-state index contributed by atoms with van der Waals surface area (Å²) in [5.41, 5.74) is 2.10. The molecule has 2 aromatic rings. The van der Waals surface area contributed by atoms with Crippen LogP contribution in [0.25, 0.3) is 0 Å². The third-order valence-corrected chi connectivity index (χ3v) is 4.91. The number of nitrogens with one attached hydrogen (secondary N) is 1. The molecule has 0 radical (unpaired) electrons. The topological polar surface area (TPSA) is 84.9 Å². The van der Waals surface area contributed by atoms with E-state index in [4.69, 9.17) is 9.47 Å². The van der Waals surface area contributed by atoms with Crippen LogP contribution in [0.4, 0.5) is 11.4 Å². The van der Waals surface area contributed by atoms with E-state index in [1.807, 2.05) is 12.1 Å². The van der Waals surface area contributed by atoms with Crippen molar-refractivity contribution in [1.29, 1.82) is 0 Å². The second-order valence-electron chi connectivity index (χ2n) is 7.12. The van der Waals surface area contributed by atoms with Gasteiger partial charge in [-0.3, -0.25) is 14.4 Å². The highest BCUT2D eigenvalue weighted by Crippen LogP contribution is 2.28. The molecule has 0 atom stereocenters. The predicted octanol–water partition coefficient (Wildman–Crippen LogP) is 3.82. The molecule has 1 aliphatic heterocycles. The highest BCUT2D eigenvalue weighted by molar-refractivity contribution is 5.96. The lowest BCUT2D eigenvalue weighted by Crippen LogP contribution is -2.23. The predicted molar refractivity (Wildman–Crippen MR) is 114 cm³/mol. The Labute approximate surface area is 176 Å². The van der Waals surface area contributed by atoms with Crippen LogP contribution in [0.2, 0.25) is 0 Å². The van der Waals surface area contributed by atoms with E-state index in [0.717, 1.165) is 18.7 Å². The van der Waals surface area contributed by atoms with E-state index in [1.165, 1.54) is 14.0 Å². The molecule has 1 aliphatic rings. The van der Waals surface area contributed by atoms with E-state index >= 15 is 0 Å². The van der Waals surface area contributed by atoms with E-state index in [2.05, 4.69) is 5.32 Å². The summed E-state index contributed by atoms with van der Waals surface area (Å²) in [4.78, 5) is 37.2. The molecule has 0 unspecified atom stereocenters. The van der Waals surface area contributed by atoms with Gasteiger partial charge in [0.25, 0.3) is 0 Å². The van der Waals surface area contributed by atoms with Gasteiger partial charge in [-0.25, -0.2) is 0 Å². The fraction of sp³-hybridized carbons (Fsp3) is 0.348. The Bertz CT molecular complexity index is 924. The van der Waals surface area contributed by atoms with E-state index in [0.29, 0.717) is 48.6 Å². The van der Waals surface area contributed by atoms with Crippen LogP contribution < -0.4 is 19.7 Å². The van der Waals surface area contributed by atoms with Crippen LogP contribution in [0.3, 0.4) is 0 Å². The second-order valence-corrected chi connectivity index (χ2v) is 7.12. The summed E-state index contributed by atoms with van der Waals surface area (Å²) in [6.45, 7) is 2.58. The fourth-order valence-electron chi connectivity index (χ4n) is 3.29. The third-order valence-electron chi connectivity index (χ3n) is 4.91. The van der Waals surface area contributed by atoms with E-state index in [9.17, 15) is 14.4 Å². The smallest absolute Gasteiger partial charge is 0.227 e. The van der Waals surface area contributed by atoms with Crippen LogP contribution in [-0.4, -0.2) is 37.9 Å². The van der Waals surface area contributed by atoms with Crippen molar-refractivity contribution < 1.29 is 23.9 Å². The van der Waals surface area contributed by atoms with Crippen molar-refractivity contribution >= 4 is 29.0 Å². The number of benzene rings is 2. The highest BCUT2D eigenvalue weighted by Gasteiger charge is 2.21. The number of anilines is 2. The summed E-state index contributed by atoms with van der Waals surface area (Å²) in [6.07, 6.45) is 2.31. The van der Waals surface area contributed by atoms with Crippen LogP contribution in [0, 0.1) is 0 Å². The molecule has 1 heterocycles. The van der Waals surface area contributed by atoms with Gasteiger partial charge in [-0.2, -0.15) is 0 Å². The molecule has 1 fully saturated rings. The van der Waals surface area contributed by atoms with Crippen molar-refractivity contribution in [3.63, 3.8) is 0 Å². The Kier molecular flexibility index (Phi) is 7.06. The Morgan fingerprint density at radius 3 is 2.50 bits per heavy atom. The SMILES string of the molecule is COc1cc(C(C)=O)ccc1OCCCC(=O)Nc1ccc(N2CCCC2=O)cc1.